The van der Waals surface area contributed by atoms with Crippen molar-refractivity contribution in [1.29, 1.82) is 0 Å². The zero-order valence-corrected chi connectivity index (χ0v) is 17.1. The molecule has 1 rings (SSSR count). The normalized spacial score (nSPS) is 9.74. The molecule has 0 aliphatic heterocycles. The highest BCUT2D eigenvalue weighted by Gasteiger charge is 2.27. The largest absolute Gasteiger partial charge is 0.478 e. The number of pyridine rings is 1. The molecule has 0 aromatic carbocycles. The minimum atomic E-state index is -0.428. The van der Waals surface area contributed by atoms with Crippen molar-refractivity contribution in [3.05, 3.63) is 22.8 Å². The molecule has 1 heterocycles. The van der Waals surface area contributed by atoms with Gasteiger partial charge in [0.05, 0.1) is 19.1 Å². The van der Waals surface area contributed by atoms with Gasteiger partial charge < -0.3 is 9.47 Å². The molecule has 1 aromatic rings. The molecular weight excluding hydrogens is 380 g/mol. The molecule has 0 bridgehead atoms. The van der Waals surface area contributed by atoms with Crippen molar-refractivity contribution < 1.29 is 14.3 Å². The summed E-state index contributed by atoms with van der Waals surface area (Å²) in [5.74, 6) is 0.448. The number of nitrogens with two attached hydrogens (primary N) is 1. The van der Waals surface area contributed by atoms with Gasteiger partial charge in [0.15, 0.2) is 0 Å². The zero-order valence-electron chi connectivity index (χ0n) is 14.6. The second kappa shape index (κ2) is 14.8. The van der Waals surface area contributed by atoms with E-state index in [1.54, 1.807) is 0 Å². The van der Waals surface area contributed by atoms with E-state index in [2.05, 4.69) is 38.9 Å². The minimum Gasteiger partial charge on any atom is -0.478 e. The molecule has 0 saturated carbocycles. The quantitative estimate of drug-likeness (QED) is 0.302. The lowest BCUT2D eigenvalue weighted by Gasteiger charge is -2.20. The van der Waals surface area contributed by atoms with E-state index < -0.39 is 5.41 Å². The molecule has 2 N–H and O–H groups in total. The average Bonchev–Trinajstić information content (AvgIpc) is 2.57. The summed E-state index contributed by atoms with van der Waals surface area (Å²) in [6.07, 6.45) is 2.58. The van der Waals surface area contributed by atoms with Crippen LogP contribution in [0.3, 0.4) is 0 Å². The van der Waals surface area contributed by atoms with Gasteiger partial charge in [-0.15, -0.1) is 12.8 Å². The van der Waals surface area contributed by atoms with Gasteiger partial charge in [0.25, 0.3) is 0 Å². The Kier molecular flexibility index (Phi) is 15.7. The Morgan fingerprint density at radius 2 is 1.91 bits per heavy atom. The van der Waals surface area contributed by atoms with Crippen molar-refractivity contribution in [1.82, 2.24) is 4.98 Å². The van der Waals surface area contributed by atoms with Gasteiger partial charge in [-0.2, -0.15) is 0 Å². The highest BCUT2D eigenvalue weighted by molar-refractivity contribution is 9.10. The van der Waals surface area contributed by atoms with Gasteiger partial charge in [-0.05, 0) is 55.1 Å². The summed E-state index contributed by atoms with van der Waals surface area (Å²) >= 11 is 6.32. The molecule has 0 fully saturated rings. The van der Waals surface area contributed by atoms with E-state index >= 15 is 0 Å². The number of unbranched alkanes of at least 4 members (excludes halogenated alkanes) is 1. The lowest BCUT2D eigenvalue weighted by Crippen LogP contribution is -2.25. The number of nitrogens with zero attached hydrogens (tertiary/aromatic N) is 1. The molecule has 23 heavy (non-hydrogen) atoms. The maximum absolute atomic E-state index is 11.5. The fourth-order valence-electron chi connectivity index (χ4n) is 1.69. The van der Waals surface area contributed by atoms with Crippen LogP contribution in [0.4, 0.5) is 0 Å². The van der Waals surface area contributed by atoms with E-state index in [0.717, 1.165) is 23.9 Å². The van der Waals surface area contributed by atoms with Gasteiger partial charge in [0.2, 0.25) is 5.88 Å². The SMILES string of the molecule is CC.COC(=O)C(C)(C)CCCCOc1cccc(Br)n1.NS. The molecule has 0 amide bonds. The number of hydrogen-bond donors (Lipinski definition) is 2. The topological polar surface area (TPSA) is 74.4 Å². The molecule has 0 saturated heterocycles. The van der Waals surface area contributed by atoms with Crippen LogP contribution in [0.25, 0.3) is 0 Å². The third-order valence-corrected chi connectivity index (χ3v) is 3.32. The van der Waals surface area contributed by atoms with Gasteiger partial charge in [-0.1, -0.05) is 19.9 Å². The Balaban J connectivity index is 0. The van der Waals surface area contributed by atoms with Crippen molar-refractivity contribution in [3.63, 3.8) is 0 Å². The van der Waals surface area contributed by atoms with Gasteiger partial charge >= 0.3 is 5.97 Å². The Morgan fingerprint density at radius 1 is 1.30 bits per heavy atom. The van der Waals surface area contributed by atoms with Crippen LogP contribution >= 0.6 is 28.7 Å². The predicted molar refractivity (Wildman–Crippen MR) is 102 cm³/mol. The van der Waals surface area contributed by atoms with E-state index in [1.165, 1.54) is 7.11 Å². The van der Waals surface area contributed by atoms with Crippen LogP contribution in [0, 0.1) is 5.41 Å². The Bertz CT molecular complexity index is 432. The fraction of sp³-hybridized carbons (Fsp3) is 0.625. The number of methoxy groups -OCH3 is 1. The highest BCUT2D eigenvalue weighted by atomic mass is 79.9. The van der Waals surface area contributed by atoms with E-state index in [9.17, 15) is 4.79 Å². The van der Waals surface area contributed by atoms with Gasteiger partial charge in [0, 0.05) is 6.07 Å². The third kappa shape index (κ3) is 11.4. The van der Waals surface area contributed by atoms with Gasteiger partial charge in [0.1, 0.15) is 4.60 Å². The molecule has 7 heteroatoms. The Labute approximate surface area is 154 Å². The number of esters is 1. The number of thiol groups is 1. The predicted octanol–water partition coefficient (Wildman–Crippen LogP) is 4.41. The first-order valence-corrected chi connectivity index (χ1v) is 8.86. The number of halogens is 1. The number of rotatable bonds is 7. The molecule has 134 valence electrons. The van der Waals surface area contributed by atoms with E-state index in [4.69, 9.17) is 9.47 Å². The van der Waals surface area contributed by atoms with Crippen LogP contribution in [0.15, 0.2) is 22.8 Å². The highest BCUT2D eigenvalue weighted by Crippen LogP contribution is 2.24. The van der Waals surface area contributed by atoms with Crippen LogP contribution in [0.1, 0.15) is 47.0 Å². The molecule has 0 spiro atoms. The van der Waals surface area contributed by atoms with E-state index in [0.29, 0.717) is 12.5 Å². The van der Waals surface area contributed by atoms with Crippen LogP contribution in [-0.2, 0) is 9.53 Å². The van der Waals surface area contributed by atoms with Crippen molar-refractivity contribution in [2.24, 2.45) is 10.6 Å². The molecule has 0 unspecified atom stereocenters. The summed E-state index contributed by atoms with van der Waals surface area (Å²) in [6.45, 7) is 8.39. The molecular formula is C16H29BrN2O3S. The number of ether oxygens (including phenoxy) is 2. The van der Waals surface area contributed by atoms with E-state index in [1.807, 2.05) is 45.9 Å². The van der Waals surface area contributed by atoms with Crippen LogP contribution in [0.2, 0.25) is 0 Å². The molecule has 0 atom stereocenters. The zero-order chi connectivity index (χ0) is 18.3. The molecule has 5 nitrogen and oxygen atoms in total. The second-order valence-corrected chi connectivity index (χ2v) is 5.79. The van der Waals surface area contributed by atoms with Crippen molar-refractivity contribution >= 4 is 34.7 Å². The molecule has 0 radical (unpaired) electrons. The van der Waals surface area contributed by atoms with Gasteiger partial charge in [-0.3, -0.25) is 9.93 Å². The van der Waals surface area contributed by atoms with Crippen LogP contribution in [0.5, 0.6) is 5.88 Å². The maximum Gasteiger partial charge on any atom is 0.311 e. The fourth-order valence-corrected chi connectivity index (χ4v) is 2.02. The second-order valence-electron chi connectivity index (χ2n) is 4.98. The average molecular weight is 409 g/mol. The lowest BCUT2D eigenvalue weighted by molar-refractivity contribution is -0.151. The van der Waals surface area contributed by atoms with Gasteiger partial charge in [-0.25, -0.2) is 4.98 Å². The molecule has 0 aliphatic carbocycles. The van der Waals surface area contributed by atoms with E-state index in [-0.39, 0.29) is 5.97 Å². The number of aromatic nitrogens is 1. The van der Waals surface area contributed by atoms with Crippen molar-refractivity contribution in [2.45, 2.75) is 47.0 Å². The summed E-state index contributed by atoms with van der Waals surface area (Å²) in [6, 6.07) is 5.56. The lowest BCUT2D eigenvalue weighted by atomic mass is 9.87. The minimum absolute atomic E-state index is 0.165. The maximum atomic E-state index is 11.5. The molecule has 1 aromatic heterocycles. The summed E-state index contributed by atoms with van der Waals surface area (Å²) in [7, 11) is 1.42. The molecule has 0 aliphatic rings. The van der Waals surface area contributed by atoms with Crippen molar-refractivity contribution in [2.75, 3.05) is 13.7 Å². The van der Waals surface area contributed by atoms with Crippen molar-refractivity contribution in [3.8, 4) is 5.88 Å². The monoisotopic (exact) mass is 408 g/mol. The third-order valence-electron chi connectivity index (χ3n) is 2.87. The summed E-state index contributed by atoms with van der Waals surface area (Å²) < 4.78 is 11.1. The summed E-state index contributed by atoms with van der Waals surface area (Å²) in [4.78, 5) is 15.7. The summed E-state index contributed by atoms with van der Waals surface area (Å²) in [5, 5.41) is 4.19. The Morgan fingerprint density at radius 3 is 2.43 bits per heavy atom. The smallest absolute Gasteiger partial charge is 0.311 e. The number of hydrogen-bond acceptors (Lipinski definition) is 6. The Hall–Kier alpha value is -0.790. The van der Waals surface area contributed by atoms with Crippen LogP contribution < -0.4 is 9.88 Å². The summed E-state index contributed by atoms with van der Waals surface area (Å²) in [5.41, 5.74) is -0.428. The number of carbonyl (C=O) groups excluding carboxylic acids is 1. The first-order valence-electron chi connectivity index (χ1n) is 7.55. The first-order chi connectivity index (χ1) is 11.0. The first kappa shape index (κ1) is 24.5. The number of carbonyl (C=O) groups is 1. The van der Waals surface area contributed by atoms with Crippen LogP contribution in [-0.4, -0.2) is 24.7 Å². The standard InChI is InChI=1S/C14H20BrNO3.C2H6.H3NS/c1-14(2,13(17)18-3)9-4-5-10-19-12-8-6-7-11(15)16-12;2*1-2/h6-8H,4-5,9-10H2,1-3H3;1-2H3;2H,1H2.